The van der Waals surface area contributed by atoms with E-state index < -0.39 is 26.6 Å². The number of ether oxygens (including phenoxy) is 1. The van der Waals surface area contributed by atoms with Crippen LogP contribution in [0.25, 0.3) is 11.0 Å². The van der Waals surface area contributed by atoms with E-state index in [-0.39, 0.29) is 47.3 Å². The Labute approximate surface area is 240 Å². The van der Waals surface area contributed by atoms with Gasteiger partial charge >= 0.3 is 5.97 Å². The molecule has 0 amide bonds. The molecule has 5 rings (SSSR count). The minimum absolute atomic E-state index is 0.0804. The van der Waals surface area contributed by atoms with Gasteiger partial charge in [-0.3, -0.25) is 14.4 Å². The Bertz CT molecular complexity index is 1840. The molecule has 4 aromatic carbocycles. The van der Waals surface area contributed by atoms with Crippen LogP contribution in [0.3, 0.4) is 0 Å². The summed E-state index contributed by atoms with van der Waals surface area (Å²) >= 11 is 0. The lowest BCUT2D eigenvalue weighted by atomic mass is 10.2. The third-order valence-corrected chi connectivity index (χ3v) is 8.12. The lowest BCUT2D eigenvalue weighted by Crippen LogP contribution is -2.30. The average molecular weight is 588 g/mol. The van der Waals surface area contributed by atoms with Crippen LogP contribution in [0.15, 0.2) is 112 Å². The highest BCUT2D eigenvalue weighted by Gasteiger charge is 2.29. The second-order valence-electron chi connectivity index (χ2n) is 9.16. The monoisotopic (exact) mass is 587 g/mol. The fourth-order valence-corrected chi connectivity index (χ4v) is 5.79. The molecule has 0 unspecified atom stereocenters. The summed E-state index contributed by atoms with van der Waals surface area (Å²) in [6.07, 6.45) is 0. The molecule has 1 aromatic heterocycles. The highest BCUT2D eigenvalue weighted by atomic mass is 32.2. The highest BCUT2D eigenvalue weighted by Crippen LogP contribution is 2.33. The molecule has 214 valence electrons. The lowest BCUT2D eigenvalue weighted by molar-refractivity contribution is -0.384. The number of nitro groups is 1. The number of furan rings is 1. The number of nitrogens with zero attached hydrogens (tertiary/aromatic N) is 2. The number of nitrogens with one attached hydrogen (secondary N) is 1. The Kier molecular flexibility index (Phi) is 8.07. The molecule has 42 heavy (non-hydrogen) atoms. The van der Waals surface area contributed by atoms with Crippen LogP contribution in [0.4, 0.5) is 17.1 Å². The quantitative estimate of drug-likeness (QED) is 0.103. The van der Waals surface area contributed by atoms with Crippen molar-refractivity contribution in [2.45, 2.75) is 11.4 Å². The summed E-state index contributed by atoms with van der Waals surface area (Å²) in [5.41, 5.74) is 0.909. The number of aromatic carboxylic acids is 1. The minimum Gasteiger partial charge on any atom is -0.492 e. The number of carboxylic acid groups (broad SMARTS) is 1. The summed E-state index contributed by atoms with van der Waals surface area (Å²) in [5, 5.41) is 24.6. The molecule has 12 heteroatoms. The van der Waals surface area contributed by atoms with E-state index in [9.17, 15) is 28.4 Å². The van der Waals surface area contributed by atoms with Crippen LogP contribution in [0.5, 0.6) is 5.75 Å². The highest BCUT2D eigenvalue weighted by molar-refractivity contribution is 7.92. The van der Waals surface area contributed by atoms with Crippen molar-refractivity contribution < 1.29 is 32.4 Å². The van der Waals surface area contributed by atoms with Crippen LogP contribution in [-0.2, 0) is 16.6 Å². The number of hydrogen-bond donors (Lipinski definition) is 2. The molecule has 0 spiro atoms. The SMILES string of the molecule is O=C(O)c1cc2cc(N(Cc3ccccc3)S(=O)(=O)c3ccc(NCCOc4ccccc4)c([N+](=O)[O-])c3)ccc2o1. The zero-order valence-corrected chi connectivity index (χ0v) is 22.9. The number of benzene rings is 4. The second-order valence-corrected chi connectivity index (χ2v) is 11.0. The molecule has 0 saturated carbocycles. The standard InChI is InChI=1S/C30H25N3O8S/c34-30(35)29-18-22-17-23(11-14-28(22)41-29)32(20-21-7-3-1-4-8-21)42(38,39)25-12-13-26(27(19-25)33(36)37)31-15-16-40-24-9-5-2-6-10-24/h1-14,17-19,31H,15-16,20H2,(H,34,35). The van der Waals surface area contributed by atoms with Crippen molar-refractivity contribution >= 4 is 44.0 Å². The van der Waals surface area contributed by atoms with E-state index in [1.54, 1.807) is 42.5 Å². The summed E-state index contributed by atoms with van der Waals surface area (Å²) in [7, 11) is -4.33. The van der Waals surface area contributed by atoms with Crippen LogP contribution >= 0.6 is 0 Å². The van der Waals surface area contributed by atoms with Gasteiger partial charge in [0.05, 0.1) is 22.1 Å². The first-order chi connectivity index (χ1) is 20.2. The first-order valence-electron chi connectivity index (χ1n) is 12.8. The minimum atomic E-state index is -4.33. The summed E-state index contributed by atoms with van der Waals surface area (Å²) in [6.45, 7) is 0.389. The summed E-state index contributed by atoms with van der Waals surface area (Å²) in [4.78, 5) is 22.4. The van der Waals surface area contributed by atoms with E-state index in [2.05, 4.69) is 5.32 Å². The van der Waals surface area contributed by atoms with E-state index in [0.717, 1.165) is 10.4 Å². The zero-order valence-electron chi connectivity index (χ0n) is 22.0. The van der Waals surface area contributed by atoms with Crippen molar-refractivity contribution in [2.24, 2.45) is 0 Å². The molecule has 0 atom stereocenters. The topological polar surface area (TPSA) is 152 Å². The lowest BCUT2D eigenvalue weighted by Gasteiger charge is -2.25. The molecular formula is C30H25N3O8S. The molecule has 2 N–H and O–H groups in total. The van der Waals surface area contributed by atoms with Gasteiger partial charge in [-0.25, -0.2) is 13.2 Å². The Morgan fingerprint density at radius 3 is 2.36 bits per heavy atom. The molecule has 0 bridgehead atoms. The number of rotatable bonds is 12. The van der Waals surface area contributed by atoms with Crippen LogP contribution < -0.4 is 14.4 Å². The van der Waals surface area contributed by atoms with Gasteiger partial charge in [-0.05, 0) is 54.1 Å². The fourth-order valence-electron chi connectivity index (χ4n) is 4.33. The van der Waals surface area contributed by atoms with Crippen molar-refractivity contribution in [3.8, 4) is 5.75 Å². The van der Waals surface area contributed by atoms with Crippen molar-refractivity contribution in [3.05, 3.63) is 125 Å². The largest absolute Gasteiger partial charge is 0.492 e. The van der Waals surface area contributed by atoms with Gasteiger partial charge < -0.3 is 19.6 Å². The van der Waals surface area contributed by atoms with Crippen LogP contribution in [0.1, 0.15) is 16.1 Å². The van der Waals surface area contributed by atoms with Crippen LogP contribution in [0.2, 0.25) is 0 Å². The number of nitro benzene ring substituents is 1. The first-order valence-corrected chi connectivity index (χ1v) is 14.2. The van der Waals surface area contributed by atoms with E-state index >= 15 is 0 Å². The van der Waals surface area contributed by atoms with Crippen molar-refractivity contribution in [2.75, 3.05) is 22.8 Å². The number of carbonyl (C=O) groups is 1. The average Bonchev–Trinajstić information content (AvgIpc) is 3.43. The van der Waals surface area contributed by atoms with Gasteiger partial charge in [0.15, 0.2) is 0 Å². The third kappa shape index (κ3) is 6.18. The number of hydrogen-bond acceptors (Lipinski definition) is 8. The normalized spacial score (nSPS) is 11.2. The Morgan fingerprint density at radius 2 is 1.67 bits per heavy atom. The first kappa shape index (κ1) is 28.2. The maximum Gasteiger partial charge on any atom is 0.371 e. The van der Waals surface area contributed by atoms with Crippen LogP contribution in [0, 0.1) is 10.1 Å². The maximum absolute atomic E-state index is 14.0. The van der Waals surface area contributed by atoms with E-state index in [4.69, 9.17) is 9.15 Å². The maximum atomic E-state index is 14.0. The van der Waals surface area contributed by atoms with E-state index in [1.165, 1.54) is 36.4 Å². The molecule has 0 fully saturated rings. The Hall–Kier alpha value is -5.36. The third-order valence-electron chi connectivity index (χ3n) is 6.35. The Morgan fingerprint density at radius 1 is 0.952 bits per heavy atom. The van der Waals surface area contributed by atoms with Crippen LogP contribution in [-0.4, -0.2) is 37.6 Å². The Balaban J connectivity index is 1.46. The van der Waals surface area contributed by atoms with Gasteiger partial charge in [0.1, 0.15) is 23.6 Å². The molecule has 0 saturated heterocycles. The number of fused-ring (bicyclic) bond motifs is 1. The van der Waals surface area contributed by atoms with Gasteiger partial charge in [-0.15, -0.1) is 0 Å². The summed E-state index contributed by atoms with van der Waals surface area (Å²) < 4.78 is 40.1. The molecule has 0 aliphatic heterocycles. The molecule has 11 nitrogen and oxygen atoms in total. The molecule has 5 aromatic rings. The number of carboxylic acids is 1. The predicted molar refractivity (Wildman–Crippen MR) is 157 cm³/mol. The van der Waals surface area contributed by atoms with Gasteiger partial charge in [-0.2, -0.15) is 0 Å². The predicted octanol–water partition coefficient (Wildman–Crippen LogP) is 5.93. The van der Waals surface area contributed by atoms with Gasteiger partial charge in [-0.1, -0.05) is 48.5 Å². The number of anilines is 2. The molecule has 0 aliphatic rings. The summed E-state index contributed by atoms with van der Waals surface area (Å²) in [5.74, 6) is -0.886. The van der Waals surface area contributed by atoms with Crippen molar-refractivity contribution in [1.29, 1.82) is 0 Å². The summed E-state index contributed by atoms with van der Waals surface area (Å²) in [6, 6.07) is 27.4. The van der Waals surface area contributed by atoms with Crippen molar-refractivity contribution in [3.63, 3.8) is 0 Å². The van der Waals surface area contributed by atoms with E-state index in [1.807, 2.05) is 18.2 Å². The molecular weight excluding hydrogens is 562 g/mol. The van der Waals surface area contributed by atoms with Gasteiger partial charge in [0.2, 0.25) is 5.76 Å². The number of para-hydroxylation sites is 1. The van der Waals surface area contributed by atoms with Gasteiger partial charge in [0.25, 0.3) is 15.7 Å². The number of sulfonamides is 1. The molecule has 1 heterocycles. The smallest absolute Gasteiger partial charge is 0.371 e. The zero-order chi connectivity index (χ0) is 29.7. The van der Waals surface area contributed by atoms with Crippen molar-refractivity contribution in [1.82, 2.24) is 0 Å². The van der Waals surface area contributed by atoms with E-state index in [0.29, 0.717) is 16.7 Å². The second kappa shape index (κ2) is 12.0. The molecule has 0 radical (unpaired) electrons. The van der Waals surface area contributed by atoms with Gasteiger partial charge in [0, 0.05) is 18.0 Å². The molecule has 0 aliphatic carbocycles. The fraction of sp³-hybridized carbons (Fsp3) is 0.100.